The molecule has 0 radical (unpaired) electrons. The van der Waals surface area contributed by atoms with Crippen LogP contribution < -0.4 is 4.74 Å². The zero-order chi connectivity index (χ0) is 15.5. The number of fused-ring (bicyclic) bond motifs is 1. The molecule has 0 fully saturated rings. The Hall–Kier alpha value is -1.91. The first-order valence-electron chi connectivity index (χ1n) is 7.29. The smallest absolute Gasteiger partial charge is 0.349 e. The van der Waals surface area contributed by atoms with Gasteiger partial charge in [0.05, 0.1) is 6.61 Å². The van der Waals surface area contributed by atoms with Gasteiger partial charge in [-0.1, -0.05) is 11.2 Å². The van der Waals surface area contributed by atoms with Gasteiger partial charge in [0.25, 0.3) is 0 Å². The summed E-state index contributed by atoms with van der Waals surface area (Å²) >= 11 is 0. The highest BCUT2D eigenvalue weighted by atomic mass is 16.6. The highest BCUT2D eigenvalue weighted by molar-refractivity contribution is 5.79. The van der Waals surface area contributed by atoms with Gasteiger partial charge in [-0.2, -0.15) is 4.91 Å². The van der Waals surface area contributed by atoms with Crippen molar-refractivity contribution in [2.75, 3.05) is 6.61 Å². The molecule has 0 heterocycles. The van der Waals surface area contributed by atoms with Crippen molar-refractivity contribution < 1.29 is 14.3 Å². The van der Waals surface area contributed by atoms with E-state index in [1.807, 2.05) is 12.1 Å². The van der Waals surface area contributed by atoms with E-state index < -0.39 is 11.6 Å². The Balaban J connectivity index is 2.19. The van der Waals surface area contributed by atoms with E-state index >= 15 is 0 Å². The highest BCUT2D eigenvalue weighted by Gasteiger charge is 2.32. The molecule has 1 aliphatic rings. The van der Waals surface area contributed by atoms with E-state index in [-0.39, 0.29) is 6.04 Å². The van der Waals surface area contributed by atoms with Crippen LogP contribution in [0.15, 0.2) is 23.4 Å². The first kappa shape index (κ1) is 15.5. The zero-order valence-corrected chi connectivity index (χ0v) is 12.7. The Kier molecular flexibility index (Phi) is 4.60. The summed E-state index contributed by atoms with van der Waals surface area (Å²) in [5, 5.41) is 3.18. The van der Waals surface area contributed by atoms with Gasteiger partial charge in [0.15, 0.2) is 5.60 Å². The van der Waals surface area contributed by atoms with Crippen LogP contribution in [0.4, 0.5) is 0 Å². The fourth-order valence-corrected chi connectivity index (χ4v) is 2.58. The van der Waals surface area contributed by atoms with E-state index in [9.17, 15) is 9.70 Å². The quantitative estimate of drug-likeness (QED) is 0.614. The summed E-state index contributed by atoms with van der Waals surface area (Å²) in [5.74, 6) is 0.216. The molecule has 0 N–H and O–H groups in total. The van der Waals surface area contributed by atoms with Gasteiger partial charge >= 0.3 is 5.97 Å². The molecule has 1 aliphatic carbocycles. The van der Waals surface area contributed by atoms with Crippen LogP contribution in [0.2, 0.25) is 0 Å². The Bertz CT molecular complexity index is 539. The summed E-state index contributed by atoms with van der Waals surface area (Å²) in [4.78, 5) is 22.7. The van der Waals surface area contributed by atoms with Crippen LogP contribution >= 0.6 is 0 Å². The van der Waals surface area contributed by atoms with Crippen LogP contribution in [0.25, 0.3) is 0 Å². The van der Waals surface area contributed by atoms with Crippen molar-refractivity contribution in [1.82, 2.24) is 0 Å². The van der Waals surface area contributed by atoms with Gasteiger partial charge in [0, 0.05) is 0 Å². The van der Waals surface area contributed by atoms with Crippen LogP contribution in [0, 0.1) is 4.91 Å². The highest BCUT2D eigenvalue weighted by Crippen LogP contribution is 2.35. The molecule has 1 aromatic carbocycles. The second-order valence-electron chi connectivity index (χ2n) is 5.71. The van der Waals surface area contributed by atoms with E-state index in [1.54, 1.807) is 26.8 Å². The number of hydrogen-bond donors (Lipinski definition) is 0. The van der Waals surface area contributed by atoms with Gasteiger partial charge in [0.2, 0.25) is 0 Å². The van der Waals surface area contributed by atoms with Crippen molar-refractivity contribution >= 4 is 5.97 Å². The average molecular weight is 291 g/mol. The zero-order valence-electron chi connectivity index (χ0n) is 12.7. The summed E-state index contributed by atoms with van der Waals surface area (Å²) in [6, 6.07) is 5.29. The number of carbonyl (C=O) groups excluding carboxylic acids is 1. The number of nitrogens with zero attached hydrogens (tertiary/aromatic N) is 1. The van der Waals surface area contributed by atoms with E-state index in [1.165, 1.54) is 0 Å². The lowest BCUT2D eigenvalue weighted by Gasteiger charge is -2.26. The molecule has 0 amide bonds. The molecule has 5 heteroatoms. The predicted molar refractivity (Wildman–Crippen MR) is 79.3 cm³/mol. The summed E-state index contributed by atoms with van der Waals surface area (Å²) in [6.45, 7) is 5.45. The molecule has 0 saturated heterocycles. The molecule has 0 aromatic heterocycles. The van der Waals surface area contributed by atoms with Crippen LogP contribution in [0.1, 0.15) is 50.8 Å². The second-order valence-corrected chi connectivity index (χ2v) is 5.71. The van der Waals surface area contributed by atoms with Gasteiger partial charge in [-0.05, 0) is 63.3 Å². The number of benzene rings is 1. The Morgan fingerprint density at radius 2 is 2.19 bits per heavy atom. The minimum absolute atomic E-state index is 0.263. The van der Waals surface area contributed by atoms with Gasteiger partial charge in [-0.25, -0.2) is 4.79 Å². The number of ether oxygens (including phenoxy) is 2. The number of hydrogen-bond acceptors (Lipinski definition) is 5. The lowest BCUT2D eigenvalue weighted by atomic mass is 9.88. The van der Waals surface area contributed by atoms with E-state index in [4.69, 9.17) is 9.47 Å². The molecule has 0 bridgehead atoms. The van der Waals surface area contributed by atoms with Crippen LogP contribution in [-0.4, -0.2) is 18.2 Å². The van der Waals surface area contributed by atoms with Gasteiger partial charge < -0.3 is 9.47 Å². The SMILES string of the molecule is CCOC(=O)C(C)(C)Oc1ccc2c(c1)CCCC2N=O. The monoisotopic (exact) mass is 291 g/mol. The molecule has 1 unspecified atom stereocenters. The van der Waals surface area contributed by atoms with E-state index in [0.717, 1.165) is 30.4 Å². The Morgan fingerprint density at radius 1 is 1.43 bits per heavy atom. The summed E-state index contributed by atoms with van der Waals surface area (Å²) < 4.78 is 10.8. The largest absolute Gasteiger partial charge is 0.476 e. The summed E-state index contributed by atoms with van der Waals surface area (Å²) in [5.41, 5.74) is 1.00. The standard InChI is InChI=1S/C16H21NO4/c1-4-20-15(18)16(2,3)21-12-8-9-13-11(10-12)6-5-7-14(13)17-19/h8-10,14H,4-7H2,1-3H3. The average Bonchev–Trinajstić information content (AvgIpc) is 2.46. The first-order chi connectivity index (χ1) is 9.97. The first-order valence-corrected chi connectivity index (χ1v) is 7.29. The minimum atomic E-state index is -1.04. The molecule has 1 atom stereocenters. The lowest BCUT2D eigenvalue weighted by molar-refractivity contribution is -0.158. The van der Waals surface area contributed by atoms with E-state index in [0.29, 0.717) is 12.4 Å². The van der Waals surface area contributed by atoms with Crippen molar-refractivity contribution in [1.29, 1.82) is 0 Å². The normalized spacial score (nSPS) is 17.8. The minimum Gasteiger partial charge on any atom is -0.476 e. The lowest BCUT2D eigenvalue weighted by Crippen LogP contribution is -2.39. The van der Waals surface area contributed by atoms with Crippen molar-refractivity contribution in [3.8, 4) is 5.75 Å². The maximum atomic E-state index is 11.9. The molecule has 0 saturated carbocycles. The van der Waals surface area contributed by atoms with Crippen molar-refractivity contribution in [3.63, 3.8) is 0 Å². The van der Waals surface area contributed by atoms with Gasteiger partial charge in [0.1, 0.15) is 11.8 Å². The fourth-order valence-electron chi connectivity index (χ4n) is 2.58. The van der Waals surface area contributed by atoms with Crippen LogP contribution in [0.5, 0.6) is 5.75 Å². The molecule has 0 aliphatic heterocycles. The Labute approximate surface area is 124 Å². The van der Waals surface area contributed by atoms with Crippen molar-refractivity contribution in [2.24, 2.45) is 5.18 Å². The third-order valence-corrected chi connectivity index (χ3v) is 3.66. The third kappa shape index (κ3) is 3.40. The molecular weight excluding hydrogens is 270 g/mol. The van der Waals surface area contributed by atoms with Crippen molar-refractivity contribution in [3.05, 3.63) is 34.2 Å². The topological polar surface area (TPSA) is 65.0 Å². The van der Waals surface area contributed by atoms with Gasteiger partial charge in [-0.3, -0.25) is 0 Å². The van der Waals surface area contributed by atoms with Gasteiger partial charge in [-0.15, -0.1) is 0 Å². The van der Waals surface area contributed by atoms with E-state index in [2.05, 4.69) is 5.18 Å². The molecule has 21 heavy (non-hydrogen) atoms. The molecule has 1 aromatic rings. The molecular formula is C16H21NO4. The molecule has 5 nitrogen and oxygen atoms in total. The van der Waals surface area contributed by atoms with Crippen molar-refractivity contribution in [2.45, 2.75) is 51.7 Å². The Morgan fingerprint density at radius 3 is 2.86 bits per heavy atom. The predicted octanol–water partition coefficient (Wildman–Crippen LogP) is 3.55. The maximum absolute atomic E-state index is 11.9. The summed E-state index contributed by atoms with van der Waals surface area (Å²) in [7, 11) is 0. The van der Waals surface area contributed by atoms with Crippen LogP contribution in [-0.2, 0) is 16.0 Å². The van der Waals surface area contributed by atoms with Crippen LogP contribution in [0.3, 0.4) is 0 Å². The molecule has 0 spiro atoms. The second kappa shape index (κ2) is 6.24. The fraction of sp³-hybridized carbons (Fsp3) is 0.562. The third-order valence-electron chi connectivity index (χ3n) is 3.66. The number of aryl methyl sites for hydroxylation is 1. The summed E-state index contributed by atoms with van der Waals surface area (Å²) in [6.07, 6.45) is 2.64. The number of esters is 1. The molecule has 114 valence electrons. The maximum Gasteiger partial charge on any atom is 0.349 e. The molecule has 2 rings (SSSR count). The number of rotatable bonds is 5. The number of nitroso groups, excluding NO2 is 1. The number of carbonyl (C=O) groups is 1.